The van der Waals surface area contributed by atoms with Gasteiger partial charge in [-0.1, -0.05) is 88.0 Å². The zero-order chi connectivity index (χ0) is 16.3. The predicted octanol–water partition coefficient (Wildman–Crippen LogP) is 4.68. The van der Waals surface area contributed by atoms with Crippen LogP contribution in [0.25, 0.3) is 5.57 Å². The molecule has 2 N–H and O–H groups in total. The van der Waals surface area contributed by atoms with Crippen molar-refractivity contribution in [3.63, 3.8) is 0 Å². The number of halogens is 4. The Balaban J connectivity index is 2.55. The van der Waals surface area contributed by atoms with Crippen molar-refractivity contribution in [2.24, 2.45) is 0 Å². The van der Waals surface area contributed by atoms with Gasteiger partial charge in [-0.25, -0.2) is 0 Å². The lowest BCUT2D eigenvalue weighted by Gasteiger charge is -2.34. The standard InChI is InChI=1S/C16H16Br4O2/c17-6-10-1-11(7-18)3-13(2-10)14-4-12(8-19)5-16(22,9-20)15(14)21/h1-5,15,21-22H,6-9H2. The summed E-state index contributed by atoms with van der Waals surface area (Å²) in [6.07, 6.45) is 2.69. The molecule has 22 heavy (non-hydrogen) atoms. The first kappa shape index (κ1) is 18.9. The third-order valence-corrected chi connectivity index (χ3v) is 6.45. The fourth-order valence-electron chi connectivity index (χ4n) is 2.50. The second kappa shape index (κ2) is 8.08. The largest absolute Gasteiger partial charge is 0.385 e. The molecule has 6 heteroatoms. The summed E-state index contributed by atoms with van der Waals surface area (Å²) in [7, 11) is 0. The van der Waals surface area contributed by atoms with Gasteiger partial charge in [0.05, 0.1) is 0 Å². The zero-order valence-corrected chi connectivity index (χ0v) is 18.0. The Labute approximate surface area is 164 Å². The minimum atomic E-state index is -1.30. The fraction of sp³-hybridized carbons (Fsp3) is 0.375. The first-order chi connectivity index (χ1) is 10.5. The molecule has 120 valence electrons. The molecule has 0 aromatic heterocycles. The average Bonchev–Trinajstić information content (AvgIpc) is 2.56. The first-order valence-electron chi connectivity index (χ1n) is 6.68. The van der Waals surface area contributed by atoms with E-state index in [0.717, 1.165) is 38.5 Å². The highest BCUT2D eigenvalue weighted by atomic mass is 79.9. The second-order valence-electron chi connectivity index (χ2n) is 5.29. The van der Waals surface area contributed by atoms with E-state index in [1.807, 2.05) is 18.2 Å². The summed E-state index contributed by atoms with van der Waals surface area (Å²) < 4.78 is 0. The zero-order valence-electron chi connectivity index (χ0n) is 11.7. The summed E-state index contributed by atoms with van der Waals surface area (Å²) in [6.45, 7) is 0. The average molecular weight is 560 g/mol. The highest BCUT2D eigenvalue weighted by molar-refractivity contribution is 9.09. The summed E-state index contributed by atoms with van der Waals surface area (Å²) in [6, 6.07) is 6.20. The van der Waals surface area contributed by atoms with Gasteiger partial charge in [0.15, 0.2) is 0 Å². The van der Waals surface area contributed by atoms with Crippen molar-refractivity contribution in [1.29, 1.82) is 0 Å². The molecule has 1 aromatic carbocycles. The van der Waals surface area contributed by atoms with Crippen LogP contribution in [0, 0.1) is 0 Å². The van der Waals surface area contributed by atoms with E-state index < -0.39 is 11.7 Å². The van der Waals surface area contributed by atoms with Crippen LogP contribution in [-0.2, 0) is 10.7 Å². The number of allylic oxidation sites excluding steroid dienone is 2. The molecule has 0 spiro atoms. The smallest absolute Gasteiger partial charge is 0.123 e. The van der Waals surface area contributed by atoms with Crippen molar-refractivity contribution in [3.8, 4) is 0 Å². The van der Waals surface area contributed by atoms with Crippen LogP contribution in [0.4, 0.5) is 0 Å². The molecule has 2 nitrogen and oxygen atoms in total. The van der Waals surface area contributed by atoms with Crippen LogP contribution < -0.4 is 0 Å². The summed E-state index contributed by atoms with van der Waals surface area (Å²) in [5.74, 6) is 0. The van der Waals surface area contributed by atoms with Gasteiger partial charge in [0, 0.05) is 21.3 Å². The van der Waals surface area contributed by atoms with Gasteiger partial charge in [0.2, 0.25) is 0 Å². The van der Waals surface area contributed by atoms with Gasteiger partial charge in [-0.3, -0.25) is 0 Å². The Bertz CT molecular complexity index is 590. The summed E-state index contributed by atoms with van der Waals surface area (Å²) in [5, 5.41) is 23.7. The summed E-state index contributed by atoms with van der Waals surface area (Å²) in [5.41, 5.74) is 3.60. The fourth-order valence-corrected chi connectivity index (χ4v) is 3.94. The van der Waals surface area contributed by atoms with Gasteiger partial charge in [-0.05, 0) is 33.9 Å². The predicted molar refractivity (Wildman–Crippen MR) is 106 cm³/mol. The molecule has 0 amide bonds. The number of rotatable bonds is 5. The molecule has 2 unspecified atom stereocenters. The number of hydrogen-bond donors (Lipinski definition) is 2. The van der Waals surface area contributed by atoms with Gasteiger partial charge < -0.3 is 10.2 Å². The number of alkyl halides is 4. The first-order valence-corrected chi connectivity index (χ1v) is 11.2. The minimum Gasteiger partial charge on any atom is -0.385 e. The number of aliphatic hydroxyl groups is 2. The molecule has 0 saturated carbocycles. The van der Waals surface area contributed by atoms with Gasteiger partial charge in [0.25, 0.3) is 0 Å². The van der Waals surface area contributed by atoms with Crippen LogP contribution in [0.3, 0.4) is 0 Å². The lowest BCUT2D eigenvalue weighted by molar-refractivity contribution is 0.00894. The molecular formula is C16H16Br4O2. The number of benzene rings is 1. The van der Waals surface area contributed by atoms with Crippen molar-refractivity contribution in [2.75, 3.05) is 10.7 Å². The van der Waals surface area contributed by atoms with Crippen molar-refractivity contribution < 1.29 is 10.2 Å². The van der Waals surface area contributed by atoms with E-state index in [1.54, 1.807) is 6.08 Å². The molecular weight excluding hydrogens is 544 g/mol. The molecule has 1 aromatic rings. The molecule has 0 bridgehead atoms. The quantitative estimate of drug-likeness (QED) is 0.515. The Morgan fingerprint density at radius 3 is 2.00 bits per heavy atom. The van der Waals surface area contributed by atoms with E-state index in [0.29, 0.717) is 5.33 Å². The van der Waals surface area contributed by atoms with E-state index in [4.69, 9.17) is 0 Å². The van der Waals surface area contributed by atoms with Gasteiger partial charge in [-0.2, -0.15) is 0 Å². The topological polar surface area (TPSA) is 40.5 Å². The van der Waals surface area contributed by atoms with Crippen LogP contribution in [-0.4, -0.2) is 32.6 Å². The SMILES string of the molecule is OC1C(c2cc(CBr)cc(CBr)c2)=CC(CBr)=CC1(O)CBr. The Morgan fingerprint density at radius 2 is 1.55 bits per heavy atom. The van der Waals surface area contributed by atoms with Crippen LogP contribution in [0.2, 0.25) is 0 Å². The molecule has 2 atom stereocenters. The monoisotopic (exact) mass is 556 g/mol. The highest BCUT2D eigenvalue weighted by Crippen LogP contribution is 2.36. The van der Waals surface area contributed by atoms with Crippen LogP contribution in [0.5, 0.6) is 0 Å². The third kappa shape index (κ3) is 3.95. The summed E-state index contributed by atoms with van der Waals surface area (Å²) in [4.78, 5) is 0. The minimum absolute atomic E-state index is 0.276. The third-order valence-electron chi connectivity index (χ3n) is 3.61. The molecule has 0 aliphatic heterocycles. The van der Waals surface area contributed by atoms with Crippen LogP contribution in [0.1, 0.15) is 16.7 Å². The lowest BCUT2D eigenvalue weighted by Crippen LogP contribution is -2.45. The normalized spacial score (nSPS) is 24.9. The van der Waals surface area contributed by atoms with Crippen molar-refractivity contribution in [3.05, 3.63) is 52.6 Å². The van der Waals surface area contributed by atoms with E-state index in [-0.39, 0.29) is 5.33 Å². The van der Waals surface area contributed by atoms with E-state index in [9.17, 15) is 10.2 Å². The molecule has 1 aliphatic carbocycles. The van der Waals surface area contributed by atoms with Gasteiger partial charge in [0.1, 0.15) is 11.7 Å². The van der Waals surface area contributed by atoms with Crippen LogP contribution >= 0.6 is 63.7 Å². The van der Waals surface area contributed by atoms with Gasteiger partial charge in [-0.15, -0.1) is 0 Å². The van der Waals surface area contributed by atoms with E-state index in [1.165, 1.54) is 0 Å². The summed E-state index contributed by atoms with van der Waals surface area (Å²) >= 11 is 13.7. The number of hydrogen-bond acceptors (Lipinski definition) is 2. The molecule has 0 fully saturated rings. The van der Waals surface area contributed by atoms with Crippen molar-refractivity contribution >= 4 is 69.3 Å². The maximum Gasteiger partial charge on any atom is 0.123 e. The molecule has 2 rings (SSSR count). The molecule has 1 aliphatic rings. The number of aliphatic hydroxyl groups excluding tert-OH is 1. The van der Waals surface area contributed by atoms with Crippen LogP contribution in [0.15, 0.2) is 35.9 Å². The Hall–Kier alpha value is 0.540. The highest BCUT2D eigenvalue weighted by Gasteiger charge is 2.38. The molecule has 0 heterocycles. The van der Waals surface area contributed by atoms with Crippen molar-refractivity contribution in [2.45, 2.75) is 22.4 Å². The maximum atomic E-state index is 10.7. The van der Waals surface area contributed by atoms with Crippen molar-refractivity contribution in [1.82, 2.24) is 0 Å². The Kier molecular flexibility index (Phi) is 6.93. The lowest BCUT2D eigenvalue weighted by atomic mass is 9.81. The van der Waals surface area contributed by atoms with E-state index >= 15 is 0 Å². The maximum absolute atomic E-state index is 10.7. The molecule has 0 radical (unpaired) electrons. The van der Waals surface area contributed by atoms with E-state index in [2.05, 4.69) is 69.8 Å². The Morgan fingerprint density at radius 1 is 0.955 bits per heavy atom. The second-order valence-corrected chi connectivity index (χ2v) is 7.53. The van der Waals surface area contributed by atoms with Gasteiger partial charge >= 0.3 is 0 Å². The molecule has 0 saturated heterocycles.